The Morgan fingerprint density at radius 2 is 1.76 bits per heavy atom. The molecule has 0 aromatic carbocycles. The largest absolute Gasteiger partial charge is 0.490 e. The van der Waals surface area contributed by atoms with Crippen LogP contribution < -0.4 is 5.32 Å². The standard InChI is InChI=1S/C11H11FN2O4.C2HF3O2/c12-6-9(16)11(14-7-15,5-10(17)18)8-3-1-2-4-13-8;3-2(4,5)1(6)7/h1-4,7H,5-6H2,(H,14,15)(H,17,18);(H,6,7). The molecule has 0 fully saturated rings. The summed E-state index contributed by atoms with van der Waals surface area (Å²) in [6.07, 6.45) is -4.37. The van der Waals surface area contributed by atoms with Crippen molar-refractivity contribution in [2.75, 3.05) is 6.67 Å². The van der Waals surface area contributed by atoms with E-state index in [2.05, 4.69) is 10.3 Å². The lowest BCUT2D eigenvalue weighted by atomic mass is 9.86. The van der Waals surface area contributed by atoms with Gasteiger partial charge >= 0.3 is 18.1 Å². The number of carboxylic acid groups (broad SMARTS) is 2. The first-order valence-corrected chi connectivity index (χ1v) is 6.25. The first-order chi connectivity index (χ1) is 11.5. The van der Waals surface area contributed by atoms with Gasteiger partial charge in [0.2, 0.25) is 6.41 Å². The number of halogens is 4. The molecule has 1 rings (SSSR count). The maximum Gasteiger partial charge on any atom is 0.490 e. The molecule has 0 aliphatic rings. The summed E-state index contributed by atoms with van der Waals surface area (Å²) < 4.78 is 44.4. The molecule has 8 nitrogen and oxygen atoms in total. The van der Waals surface area contributed by atoms with Crippen LogP contribution in [0.4, 0.5) is 17.6 Å². The van der Waals surface area contributed by atoms with E-state index in [1.54, 1.807) is 6.07 Å². The van der Waals surface area contributed by atoms with Crippen molar-refractivity contribution in [3.63, 3.8) is 0 Å². The number of pyridine rings is 1. The lowest BCUT2D eigenvalue weighted by molar-refractivity contribution is -0.192. The van der Waals surface area contributed by atoms with Gasteiger partial charge in [0.15, 0.2) is 18.0 Å². The summed E-state index contributed by atoms with van der Waals surface area (Å²) in [5.74, 6) is -5.17. The summed E-state index contributed by atoms with van der Waals surface area (Å²) in [5.41, 5.74) is -1.98. The number of nitrogens with zero attached hydrogens (tertiary/aromatic N) is 1. The number of carbonyl (C=O) groups excluding carboxylic acids is 2. The Morgan fingerprint density at radius 1 is 1.20 bits per heavy atom. The number of ketones is 1. The number of amides is 1. The molecule has 0 aliphatic carbocycles. The minimum absolute atomic E-state index is 0.0119. The number of alkyl halides is 4. The van der Waals surface area contributed by atoms with Gasteiger partial charge < -0.3 is 15.5 Å². The molecule has 1 aromatic heterocycles. The first kappa shape index (κ1) is 21.9. The smallest absolute Gasteiger partial charge is 0.481 e. The molecule has 0 radical (unpaired) electrons. The zero-order valence-corrected chi connectivity index (χ0v) is 12.3. The minimum Gasteiger partial charge on any atom is -0.481 e. The van der Waals surface area contributed by atoms with Crippen molar-refractivity contribution >= 4 is 24.1 Å². The average Bonchev–Trinajstić information content (AvgIpc) is 2.53. The summed E-state index contributed by atoms with van der Waals surface area (Å²) in [7, 11) is 0. The van der Waals surface area contributed by atoms with Crippen molar-refractivity contribution < 1.29 is 47.0 Å². The van der Waals surface area contributed by atoms with Gasteiger partial charge in [-0.2, -0.15) is 13.2 Å². The fourth-order valence-electron chi connectivity index (χ4n) is 1.59. The molecule has 25 heavy (non-hydrogen) atoms. The van der Waals surface area contributed by atoms with Crippen molar-refractivity contribution in [2.24, 2.45) is 0 Å². The lowest BCUT2D eigenvalue weighted by Crippen LogP contribution is -2.51. The van der Waals surface area contributed by atoms with E-state index in [1.807, 2.05) is 0 Å². The van der Waals surface area contributed by atoms with Crippen LogP contribution in [-0.2, 0) is 24.7 Å². The Bertz CT molecular complexity index is 623. The van der Waals surface area contributed by atoms with Crippen molar-refractivity contribution in [1.82, 2.24) is 10.3 Å². The topological polar surface area (TPSA) is 134 Å². The monoisotopic (exact) mass is 368 g/mol. The van der Waals surface area contributed by atoms with Crippen LogP contribution in [0.1, 0.15) is 12.1 Å². The number of carboxylic acids is 2. The van der Waals surface area contributed by atoms with Gasteiger partial charge in [-0.15, -0.1) is 0 Å². The van der Waals surface area contributed by atoms with E-state index in [9.17, 15) is 31.9 Å². The van der Waals surface area contributed by atoms with Crippen LogP contribution in [0.3, 0.4) is 0 Å². The molecule has 0 bridgehead atoms. The van der Waals surface area contributed by atoms with Gasteiger partial charge in [0.25, 0.3) is 0 Å². The zero-order chi connectivity index (χ0) is 19.7. The van der Waals surface area contributed by atoms with Gasteiger partial charge in [0.1, 0.15) is 0 Å². The van der Waals surface area contributed by atoms with E-state index >= 15 is 0 Å². The molecular weight excluding hydrogens is 356 g/mol. The van der Waals surface area contributed by atoms with Crippen LogP contribution in [-0.4, -0.2) is 52.2 Å². The van der Waals surface area contributed by atoms with Crippen molar-refractivity contribution in [2.45, 2.75) is 18.1 Å². The molecule has 3 N–H and O–H groups in total. The summed E-state index contributed by atoms with van der Waals surface area (Å²) in [5, 5.41) is 18.0. The molecule has 1 heterocycles. The fourth-order valence-corrected chi connectivity index (χ4v) is 1.59. The number of rotatable bonds is 7. The second-order valence-corrected chi connectivity index (χ2v) is 4.31. The SMILES string of the molecule is O=C(O)C(F)(F)F.O=CNC(CC(=O)O)(C(=O)CF)c1ccccn1. The second-order valence-electron chi connectivity index (χ2n) is 4.31. The lowest BCUT2D eigenvalue weighted by Gasteiger charge is -2.28. The molecule has 12 heteroatoms. The molecule has 1 amide bonds. The highest BCUT2D eigenvalue weighted by atomic mass is 19.4. The summed E-state index contributed by atoms with van der Waals surface area (Å²) in [6, 6.07) is 4.42. The maximum absolute atomic E-state index is 12.6. The number of nitrogens with one attached hydrogen (secondary N) is 1. The third-order valence-electron chi connectivity index (χ3n) is 2.66. The Morgan fingerprint density at radius 3 is 2.08 bits per heavy atom. The predicted octanol–water partition coefficient (Wildman–Crippen LogP) is 0.670. The number of hydrogen-bond acceptors (Lipinski definition) is 5. The summed E-state index contributed by atoms with van der Waals surface area (Å²) in [6.45, 7) is -1.40. The number of aromatic nitrogens is 1. The van der Waals surface area contributed by atoms with Gasteiger partial charge in [-0.1, -0.05) is 6.07 Å². The minimum atomic E-state index is -5.08. The zero-order valence-electron chi connectivity index (χ0n) is 12.3. The van der Waals surface area contributed by atoms with Crippen LogP contribution in [0.25, 0.3) is 0 Å². The Labute approximate surface area is 137 Å². The highest BCUT2D eigenvalue weighted by molar-refractivity contribution is 5.95. The average molecular weight is 368 g/mol. The third kappa shape index (κ3) is 6.53. The van der Waals surface area contributed by atoms with E-state index in [0.29, 0.717) is 0 Å². The van der Waals surface area contributed by atoms with Crippen LogP contribution in [0.2, 0.25) is 0 Å². The molecule has 0 spiro atoms. The molecule has 1 unspecified atom stereocenters. The van der Waals surface area contributed by atoms with Crippen LogP contribution in [0, 0.1) is 0 Å². The number of hydrogen-bond donors (Lipinski definition) is 3. The van der Waals surface area contributed by atoms with Gasteiger partial charge in [-0.25, -0.2) is 9.18 Å². The molecule has 1 aromatic rings. The van der Waals surface area contributed by atoms with E-state index in [-0.39, 0.29) is 12.1 Å². The van der Waals surface area contributed by atoms with Crippen LogP contribution in [0.5, 0.6) is 0 Å². The first-order valence-electron chi connectivity index (χ1n) is 6.25. The molecule has 0 aliphatic heterocycles. The number of Topliss-reactive ketones (excluding diaryl/α,β-unsaturated/α-hetero) is 1. The van der Waals surface area contributed by atoms with Crippen molar-refractivity contribution in [3.8, 4) is 0 Å². The second kappa shape index (κ2) is 9.30. The number of carbonyl (C=O) groups is 4. The normalized spacial score (nSPS) is 12.8. The fraction of sp³-hybridized carbons (Fsp3) is 0.308. The molecule has 1 atom stereocenters. The van der Waals surface area contributed by atoms with Crippen LogP contribution >= 0.6 is 0 Å². The third-order valence-corrected chi connectivity index (χ3v) is 2.66. The predicted molar refractivity (Wildman–Crippen MR) is 72.0 cm³/mol. The molecule has 138 valence electrons. The summed E-state index contributed by atoms with van der Waals surface area (Å²) >= 11 is 0. The Hall–Kier alpha value is -3.05. The highest BCUT2D eigenvalue weighted by Gasteiger charge is 2.43. The van der Waals surface area contributed by atoms with E-state index in [4.69, 9.17) is 15.0 Å². The Kier molecular flexibility index (Phi) is 8.16. The van der Waals surface area contributed by atoms with Gasteiger partial charge in [-0.05, 0) is 12.1 Å². The summed E-state index contributed by atoms with van der Waals surface area (Å²) in [4.78, 5) is 45.8. The van der Waals surface area contributed by atoms with Gasteiger partial charge in [-0.3, -0.25) is 19.4 Å². The van der Waals surface area contributed by atoms with E-state index in [0.717, 1.165) is 0 Å². The molecule has 0 saturated carbocycles. The molecule has 0 saturated heterocycles. The quantitative estimate of drug-likeness (QED) is 0.476. The van der Waals surface area contributed by atoms with Crippen molar-refractivity contribution in [1.29, 1.82) is 0 Å². The Balaban J connectivity index is 0.000000697. The highest BCUT2D eigenvalue weighted by Crippen LogP contribution is 2.24. The van der Waals surface area contributed by atoms with Gasteiger partial charge in [0.05, 0.1) is 12.1 Å². The van der Waals surface area contributed by atoms with E-state index in [1.165, 1.54) is 18.3 Å². The van der Waals surface area contributed by atoms with Gasteiger partial charge in [0, 0.05) is 6.20 Å². The van der Waals surface area contributed by atoms with Crippen LogP contribution in [0.15, 0.2) is 24.4 Å². The number of aliphatic carboxylic acids is 2. The van der Waals surface area contributed by atoms with Crippen molar-refractivity contribution in [3.05, 3.63) is 30.1 Å². The maximum atomic E-state index is 12.6. The van der Waals surface area contributed by atoms with E-state index < -0.39 is 42.5 Å². The molecular formula is C13H12F4N2O6.